The third kappa shape index (κ3) is 4.80. The molecule has 1 aromatic carbocycles. The van der Waals surface area contributed by atoms with Crippen LogP contribution in [0.15, 0.2) is 34.9 Å². The van der Waals surface area contributed by atoms with Crippen molar-refractivity contribution in [3.8, 4) is 0 Å². The molecular weight excluding hydrogens is 320 g/mol. The van der Waals surface area contributed by atoms with Crippen LogP contribution in [0, 0.1) is 13.8 Å². The van der Waals surface area contributed by atoms with Crippen LogP contribution in [0.2, 0.25) is 0 Å². The third-order valence-electron chi connectivity index (χ3n) is 4.24. The smallest absolute Gasteiger partial charge is 0.320 e. The van der Waals surface area contributed by atoms with Gasteiger partial charge in [0.25, 0.3) is 0 Å². The van der Waals surface area contributed by atoms with Crippen LogP contribution in [-0.2, 0) is 4.74 Å². The van der Waals surface area contributed by atoms with Crippen molar-refractivity contribution in [3.05, 3.63) is 47.2 Å². The van der Waals surface area contributed by atoms with Crippen molar-refractivity contribution in [1.82, 2.24) is 15.4 Å². The average molecular weight is 344 g/mol. The number of urea groups is 1. The van der Waals surface area contributed by atoms with Gasteiger partial charge in [-0.2, -0.15) is 0 Å². The van der Waals surface area contributed by atoms with Crippen molar-refractivity contribution in [2.75, 3.05) is 38.2 Å². The number of aromatic nitrogens is 1. The molecule has 0 unspecified atom stereocenters. The Hall–Kier alpha value is -2.38. The molecule has 3 rings (SSSR count). The minimum absolute atomic E-state index is 0.105. The molecule has 2 heterocycles. The van der Waals surface area contributed by atoms with Gasteiger partial charge in [-0.3, -0.25) is 10.2 Å². The number of hydrogen-bond acceptors (Lipinski definition) is 5. The van der Waals surface area contributed by atoms with Gasteiger partial charge < -0.3 is 14.6 Å². The number of anilines is 1. The second kappa shape index (κ2) is 8.13. The largest absolute Gasteiger partial charge is 0.379 e. The van der Waals surface area contributed by atoms with Gasteiger partial charge in [0.05, 0.1) is 19.3 Å². The van der Waals surface area contributed by atoms with Crippen LogP contribution < -0.4 is 10.6 Å². The number of benzene rings is 1. The fourth-order valence-corrected chi connectivity index (χ4v) is 3.00. The predicted octanol–water partition coefficient (Wildman–Crippen LogP) is 2.49. The van der Waals surface area contributed by atoms with Crippen LogP contribution in [0.1, 0.15) is 22.9 Å². The minimum Gasteiger partial charge on any atom is -0.379 e. The molecule has 0 saturated carbocycles. The van der Waals surface area contributed by atoms with E-state index in [0.29, 0.717) is 31.3 Å². The Morgan fingerprint density at radius 1 is 1.28 bits per heavy atom. The number of amides is 2. The zero-order chi connectivity index (χ0) is 17.6. The number of morpholine rings is 1. The van der Waals surface area contributed by atoms with Crippen LogP contribution in [0.25, 0.3) is 0 Å². The number of carbonyl (C=O) groups excluding carboxylic acids is 1. The summed E-state index contributed by atoms with van der Waals surface area (Å²) in [4.78, 5) is 14.5. The van der Waals surface area contributed by atoms with Gasteiger partial charge >= 0.3 is 6.03 Å². The maximum Gasteiger partial charge on any atom is 0.320 e. The number of aryl methyl sites for hydroxylation is 2. The molecule has 25 heavy (non-hydrogen) atoms. The van der Waals surface area contributed by atoms with Crippen molar-refractivity contribution in [2.24, 2.45) is 0 Å². The van der Waals surface area contributed by atoms with E-state index >= 15 is 0 Å². The number of nitrogens with zero attached hydrogens (tertiary/aromatic N) is 2. The highest BCUT2D eigenvalue weighted by atomic mass is 16.5. The first kappa shape index (κ1) is 17.4. The van der Waals surface area contributed by atoms with Crippen LogP contribution >= 0.6 is 0 Å². The molecule has 1 saturated heterocycles. The van der Waals surface area contributed by atoms with Crippen LogP contribution in [0.5, 0.6) is 0 Å². The monoisotopic (exact) mass is 344 g/mol. The molecule has 1 aromatic heterocycles. The summed E-state index contributed by atoms with van der Waals surface area (Å²) in [6, 6.07) is 9.89. The highest BCUT2D eigenvalue weighted by Gasteiger charge is 2.23. The van der Waals surface area contributed by atoms with Gasteiger partial charge in [-0.15, -0.1) is 0 Å². The standard InChI is InChI=1S/C18H24N4O3/c1-13-4-3-5-15(10-13)16(22-6-8-24-9-7-22)12-19-18(23)20-17-11-14(2)25-21-17/h3-5,10-11,16H,6-9,12H2,1-2H3,(H2,19,20,21,23)/t16-/m1/s1. The maximum absolute atomic E-state index is 12.2. The third-order valence-corrected chi connectivity index (χ3v) is 4.24. The van der Waals surface area contributed by atoms with E-state index in [-0.39, 0.29) is 12.1 Å². The van der Waals surface area contributed by atoms with Gasteiger partial charge in [0, 0.05) is 25.7 Å². The molecule has 2 aromatic rings. The van der Waals surface area contributed by atoms with E-state index in [4.69, 9.17) is 9.26 Å². The lowest BCUT2D eigenvalue weighted by atomic mass is 10.0. The fraction of sp³-hybridized carbons (Fsp3) is 0.444. The fourth-order valence-electron chi connectivity index (χ4n) is 3.00. The topological polar surface area (TPSA) is 79.6 Å². The second-order valence-corrected chi connectivity index (χ2v) is 6.24. The van der Waals surface area contributed by atoms with E-state index in [2.05, 4.69) is 51.9 Å². The van der Waals surface area contributed by atoms with E-state index in [9.17, 15) is 4.79 Å². The molecule has 0 aliphatic carbocycles. The summed E-state index contributed by atoms with van der Waals surface area (Å²) in [6.45, 7) is 7.50. The summed E-state index contributed by atoms with van der Waals surface area (Å²) >= 11 is 0. The molecule has 1 fully saturated rings. The summed E-state index contributed by atoms with van der Waals surface area (Å²) in [5.41, 5.74) is 2.40. The molecule has 1 atom stereocenters. The Morgan fingerprint density at radius 3 is 2.76 bits per heavy atom. The number of ether oxygens (including phenoxy) is 1. The number of carbonyl (C=O) groups is 1. The molecular formula is C18H24N4O3. The Labute approximate surface area is 147 Å². The predicted molar refractivity (Wildman–Crippen MR) is 94.6 cm³/mol. The molecule has 1 aliphatic rings. The highest BCUT2D eigenvalue weighted by Crippen LogP contribution is 2.22. The van der Waals surface area contributed by atoms with Gasteiger partial charge in [-0.25, -0.2) is 4.79 Å². The summed E-state index contributed by atoms with van der Waals surface area (Å²) in [6.07, 6.45) is 0. The van der Waals surface area contributed by atoms with Crippen molar-refractivity contribution >= 4 is 11.8 Å². The summed E-state index contributed by atoms with van der Waals surface area (Å²) < 4.78 is 10.4. The van der Waals surface area contributed by atoms with Crippen molar-refractivity contribution in [2.45, 2.75) is 19.9 Å². The Kier molecular flexibility index (Phi) is 5.67. The lowest BCUT2D eigenvalue weighted by molar-refractivity contribution is 0.0168. The van der Waals surface area contributed by atoms with E-state index in [1.165, 1.54) is 11.1 Å². The first-order chi connectivity index (χ1) is 12.1. The van der Waals surface area contributed by atoms with E-state index < -0.39 is 0 Å². The van der Waals surface area contributed by atoms with Gasteiger partial charge in [0.15, 0.2) is 5.82 Å². The maximum atomic E-state index is 12.2. The molecule has 7 heteroatoms. The number of hydrogen-bond donors (Lipinski definition) is 2. The number of rotatable bonds is 5. The second-order valence-electron chi connectivity index (χ2n) is 6.24. The van der Waals surface area contributed by atoms with E-state index in [0.717, 1.165) is 13.1 Å². The Balaban J connectivity index is 1.65. The van der Waals surface area contributed by atoms with Crippen molar-refractivity contribution in [1.29, 1.82) is 0 Å². The Morgan fingerprint density at radius 2 is 2.08 bits per heavy atom. The molecule has 1 aliphatic heterocycles. The van der Waals surface area contributed by atoms with Gasteiger partial charge in [0.1, 0.15) is 5.76 Å². The first-order valence-corrected chi connectivity index (χ1v) is 8.48. The van der Waals surface area contributed by atoms with Gasteiger partial charge in [0.2, 0.25) is 0 Å². The van der Waals surface area contributed by atoms with Gasteiger partial charge in [-0.05, 0) is 19.4 Å². The summed E-state index contributed by atoms with van der Waals surface area (Å²) in [5.74, 6) is 1.06. The lowest BCUT2D eigenvalue weighted by Crippen LogP contribution is -2.44. The minimum atomic E-state index is -0.292. The van der Waals surface area contributed by atoms with Crippen LogP contribution in [-0.4, -0.2) is 48.9 Å². The van der Waals surface area contributed by atoms with Crippen molar-refractivity contribution in [3.63, 3.8) is 0 Å². The summed E-state index contributed by atoms with van der Waals surface area (Å²) in [7, 11) is 0. The molecule has 2 amide bonds. The molecule has 0 spiro atoms. The van der Waals surface area contributed by atoms with Crippen LogP contribution in [0.4, 0.5) is 10.6 Å². The summed E-state index contributed by atoms with van der Waals surface area (Å²) in [5, 5.41) is 9.40. The molecule has 7 nitrogen and oxygen atoms in total. The lowest BCUT2D eigenvalue weighted by Gasteiger charge is -2.35. The normalized spacial score (nSPS) is 16.4. The molecule has 0 bridgehead atoms. The number of nitrogens with one attached hydrogen (secondary N) is 2. The van der Waals surface area contributed by atoms with Crippen LogP contribution in [0.3, 0.4) is 0 Å². The molecule has 0 radical (unpaired) electrons. The zero-order valence-electron chi connectivity index (χ0n) is 14.6. The zero-order valence-corrected chi connectivity index (χ0v) is 14.6. The Bertz CT molecular complexity index is 710. The average Bonchev–Trinajstić information content (AvgIpc) is 3.01. The quantitative estimate of drug-likeness (QED) is 0.871. The molecule has 134 valence electrons. The van der Waals surface area contributed by atoms with E-state index in [1.54, 1.807) is 13.0 Å². The van der Waals surface area contributed by atoms with Gasteiger partial charge in [-0.1, -0.05) is 35.0 Å². The first-order valence-electron chi connectivity index (χ1n) is 8.48. The SMILES string of the molecule is Cc1cccc([C@@H](CNC(=O)Nc2cc(C)on2)N2CCOCC2)c1. The van der Waals surface area contributed by atoms with Crippen molar-refractivity contribution < 1.29 is 14.1 Å². The molecule has 2 N–H and O–H groups in total. The van der Waals surface area contributed by atoms with E-state index in [1.807, 2.05) is 0 Å². The highest BCUT2D eigenvalue weighted by molar-refractivity contribution is 5.88.